The molecule has 7 nitrogen and oxygen atoms in total. The number of nitro groups is 1. The van der Waals surface area contributed by atoms with Gasteiger partial charge in [0.05, 0.1) is 16.7 Å². The fourth-order valence-corrected chi connectivity index (χ4v) is 6.22. The second-order valence-electron chi connectivity index (χ2n) is 9.13. The second kappa shape index (κ2) is 11.1. The van der Waals surface area contributed by atoms with Gasteiger partial charge in [0, 0.05) is 56.4 Å². The van der Waals surface area contributed by atoms with Crippen molar-refractivity contribution in [3.05, 3.63) is 142 Å². The maximum absolute atomic E-state index is 11.0. The Morgan fingerprint density at radius 2 is 1.65 bits per heavy atom. The monoisotopic (exact) mass is 583 g/mol. The van der Waals surface area contributed by atoms with Crippen molar-refractivity contribution in [2.24, 2.45) is 0 Å². The maximum atomic E-state index is 11.0. The van der Waals surface area contributed by atoms with Crippen LogP contribution in [0.25, 0.3) is 5.69 Å². The molecule has 1 fully saturated rings. The van der Waals surface area contributed by atoms with E-state index in [0.29, 0.717) is 10.1 Å². The number of anilines is 1. The minimum absolute atomic E-state index is 0.0748. The topological polar surface area (TPSA) is 76.2 Å². The van der Waals surface area contributed by atoms with Gasteiger partial charge in [-0.3, -0.25) is 15.1 Å². The van der Waals surface area contributed by atoms with E-state index in [1.165, 1.54) is 12.1 Å². The third-order valence-corrected chi connectivity index (χ3v) is 8.23. The lowest BCUT2D eigenvalue weighted by atomic mass is 10.0. The van der Waals surface area contributed by atoms with E-state index in [9.17, 15) is 10.1 Å². The molecule has 2 atom stereocenters. The van der Waals surface area contributed by atoms with Crippen molar-refractivity contribution in [3.63, 3.8) is 0 Å². The summed E-state index contributed by atoms with van der Waals surface area (Å²) in [6.07, 6.45) is 3.82. The molecule has 0 bridgehead atoms. The van der Waals surface area contributed by atoms with Crippen molar-refractivity contribution >= 4 is 52.1 Å². The Hall–Kier alpha value is -4.18. The van der Waals surface area contributed by atoms with Crippen LogP contribution in [0.5, 0.6) is 0 Å². The molecule has 0 radical (unpaired) electrons. The number of nitrogens with zero attached hydrogens (tertiary/aromatic N) is 4. The molecule has 1 N–H and O–H groups in total. The number of halogens is 1. The van der Waals surface area contributed by atoms with Gasteiger partial charge >= 0.3 is 0 Å². The van der Waals surface area contributed by atoms with Crippen LogP contribution in [0, 0.1) is 10.1 Å². The Balaban J connectivity index is 1.36. The van der Waals surface area contributed by atoms with Crippen LogP contribution < -0.4 is 10.2 Å². The highest BCUT2D eigenvalue weighted by Gasteiger charge is 2.42. The molecular formula is C30H22ClN5O2S2. The maximum Gasteiger partial charge on any atom is 0.269 e. The highest BCUT2D eigenvalue weighted by molar-refractivity contribution is 7.99. The smallest absolute Gasteiger partial charge is 0.269 e. The quantitative estimate of drug-likeness (QED) is 0.119. The normalized spacial score (nSPS) is 16.6. The van der Waals surface area contributed by atoms with Crippen LogP contribution in [0.15, 0.2) is 125 Å². The first-order chi connectivity index (χ1) is 19.5. The zero-order chi connectivity index (χ0) is 27.6. The Morgan fingerprint density at radius 1 is 0.900 bits per heavy atom. The Morgan fingerprint density at radius 3 is 2.33 bits per heavy atom. The molecule has 0 unspecified atom stereocenters. The summed E-state index contributed by atoms with van der Waals surface area (Å²) in [6.45, 7) is 0. The van der Waals surface area contributed by atoms with Crippen LogP contribution in [0.2, 0.25) is 5.02 Å². The summed E-state index contributed by atoms with van der Waals surface area (Å²) in [5.74, 6) is 0. The van der Waals surface area contributed by atoms with Crippen molar-refractivity contribution < 1.29 is 4.92 Å². The molecule has 5 aromatic rings. The van der Waals surface area contributed by atoms with Gasteiger partial charge in [0.25, 0.3) is 5.69 Å². The molecular weight excluding hydrogens is 562 g/mol. The molecule has 1 aliphatic heterocycles. The molecule has 3 aromatic carbocycles. The predicted octanol–water partition coefficient (Wildman–Crippen LogP) is 7.76. The lowest BCUT2D eigenvalue weighted by Crippen LogP contribution is -2.30. The van der Waals surface area contributed by atoms with Gasteiger partial charge in [-0.1, -0.05) is 35.5 Å². The molecule has 0 amide bonds. The van der Waals surface area contributed by atoms with Gasteiger partial charge in [0.1, 0.15) is 6.04 Å². The van der Waals surface area contributed by atoms with Gasteiger partial charge in [-0.05, 0) is 91.1 Å². The SMILES string of the molecule is O=[N+]([O-])c1ccc(Sc2ccc(N3C(=S)N[C@@H](c4ccccn4)[C@H]3c3cccn3-c3cccc(Cl)c3)cc2)cc1. The summed E-state index contributed by atoms with van der Waals surface area (Å²) in [5, 5.41) is 15.8. The van der Waals surface area contributed by atoms with E-state index >= 15 is 0 Å². The fraction of sp³-hybridized carbons (Fsp3) is 0.0667. The van der Waals surface area contributed by atoms with Gasteiger partial charge in [-0.25, -0.2) is 0 Å². The number of hydrogen-bond acceptors (Lipinski definition) is 5. The van der Waals surface area contributed by atoms with Crippen LogP contribution >= 0.6 is 35.6 Å². The summed E-state index contributed by atoms with van der Waals surface area (Å²) >= 11 is 13.8. The van der Waals surface area contributed by atoms with Crippen molar-refractivity contribution in [2.45, 2.75) is 21.9 Å². The predicted molar refractivity (Wildman–Crippen MR) is 162 cm³/mol. The van der Waals surface area contributed by atoms with E-state index in [1.54, 1.807) is 30.1 Å². The van der Waals surface area contributed by atoms with E-state index in [1.807, 2.05) is 79.0 Å². The van der Waals surface area contributed by atoms with Crippen molar-refractivity contribution in [1.29, 1.82) is 0 Å². The average Bonchev–Trinajstić information content (AvgIpc) is 3.59. The minimum atomic E-state index is -0.395. The lowest BCUT2D eigenvalue weighted by molar-refractivity contribution is -0.384. The second-order valence-corrected chi connectivity index (χ2v) is 11.1. The van der Waals surface area contributed by atoms with Gasteiger partial charge in [0.2, 0.25) is 0 Å². The summed E-state index contributed by atoms with van der Waals surface area (Å²) in [4.78, 5) is 19.3. The molecule has 1 aliphatic rings. The average molecular weight is 584 g/mol. The number of aromatic nitrogens is 2. The van der Waals surface area contributed by atoms with Gasteiger partial charge < -0.3 is 14.8 Å². The molecule has 3 heterocycles. The summed E-state index contributed by atoms with van der Waals surface area (Å²) < 4.78 is 2.13. The van der Waals surface area contributed by atoms with Gasteiger partial charge in [0.15, 0.2) is 5.11 Å². The van der Waals surface area contributed by atoms with Crippen LogP contribution in [-0.2, 0) is 0 Å². The molecule has 1 saturated heterocycles. The number of non-ortho nitro benzene ring substituents is 1. The van der Waals surface area contributed by atoms with E-state index < -0.39 is 4.92 Å². The highest BCUT2D eigenvalue weighted by Crippen LogP contribution is 2.43. The molecule has 0 aliphatic carbocycles. The number of pyridine rings is 1. The van der Waals surface area contributed by atoms with Crippen LogP contribution in [0.3, 0.4) is 0 Å². The third-order valence-electron chi connectivity index (χ3n) is 6.67. The number of hydrogen-bond donors (Lipinski definition) is 1. The number of nitrogens with one attached hydrogen (secondary N) is 1. The van der Waals surface area contributed by atoms with E-state index in [0.717, 1.165) is 32.6 Å². The van der Waals surface area contributed by atoms with Crippen molar-refractivity contribution in [2.75, 3.05) is 4.90 Å². The van der Waals surface area contributed by atoms with E-state index in [4.69, 9.17) is 23.8 Å². The van der Waals surface area contributed by atoms with E-state index in [2.05, 4.69) is 25.8 Å². The van der Waals surface area contributed by atoms with Gasteiger partial charge in [-0.15, -0.1) is 0 Å². The van der Waals surface area contributed by atoms with Crippen molar-refractivity contribution in [1.82, 2.24) is 14.9 Å². The third kappa shape index (κ3) is 5.19. The van der Waals surface area contributed by atoms with Crippen LogP contribution in [0.1, 0.15) is 23.5 Å². The highest BCUT2D eigenvalue weighted by atomic mass is 35.5. The molecule has 2 aromatic heterocycles. The minimum Gasteiger partial charge on any atom is -0.351 e. The number of nitro benzene ring substituents is 1. The molecule has 0 saturated carbocycles. The Kier molecular flexibility index (Phi) is 7.25. The molecule has 10 heteroatoms. The number of benzene rings is 3. The molecule has 40 heavy (non-hydrogen) atoms. The summed E-state index contributed by atoms with van der Waals surface area (Å²) in [7, 11) is 0. The molecule has 0 spiro atoms. The standard InChI is InChI=1S/C30H22ClN5O2S2/c31-20-5-3-6-23(19-20)34-18-4-8-27(34)29-28(26-7-1-2-17-32-26)33-30(39)35(29)21-9-13-24(14-10-21)40-25-15-11-22(12-16-25)36(37)38/h1-19,28-29H,(H,33,39)/t28-,29+/m0/s1. The zero-order valence-electron chi connectivity index (χ0n) is 20.9. The summed E-state index contributed by atoms with van der Waals surface area (Å²) in [5.41, 5.74) is 3.90. The van der Waals surface area contributed by atoms with Crippen LogP contribution in [0.4, 0.5) is 11.4 Å². The lowest BCUT2D eigenvalue weighted by Gasteiger charge is -2.29. The molecule has 6 rings (SSSR count). The molecule has 198 valence electrons. The largest absolute Gasteiger partial charge is 0.351 e. The summed E-state index contributed by atoms with van der Waals surface area (Å²) in [6, 6.07) is 32.1. The first kappa shape index (κ1) is 26.1. The first-order valence-electron chi connectivity index (χ1n) is 12.4. The van der Waals surface area contributed by atoms with E-state index in [-0.39, 0.29) is 17.8 Å². The Bertz CT molecular complexity index is 1680. The zero-order valence-corrected chi connectivity index (χ0v) is 23.3. The Labute approximate surface area is 245 Å². The van der Waals surface area contributed by atoms with Gasteiger partial charge in [-0.2, -0.15) is 0 Å². The number of rotatable bonds is 7. The van der Waals surface area contributed by atoms with Crippen LogP contribution in [-0.4, -0.2) is 19.6 Å². The fourth-order valence-electron chi connectivity index (χ4n) is 4.88. The number of thiocarbonyl (C=S) groups is 1. The van der Waals surface area contributed by atoms with Crippen molar-refractivity contribution in [3.8, 4) is 5.69 Å². The first-order valence-corrected chi connectivity index (χ1v) is 14.0.